The summed E-state index contributed by atoms with van der Waals surface area (Å²) in [7, 11) is -2.16. The van der Waals surface area contributed by atoms with Crippen molar-refractivity contribution in [1.29, 1.82) is 0 Å². The Kier molecular flexibility index (Phi) is 5.36. The van der Waals surface area contributed by atoms with E-state index in [0.29, 0.717) is 0 Å². The number of nitrogens with zero attached hydrogens (tertiary/aromatic N) is 2. The third kappa shape index (κ3) is 3.52. The van der Waals surface area contributed by atoms with Crippen molar-refractivity contribution in [2.75, 3.05) is 9.80 Å². The summed E-state index contributed by atoms with van der Waals surface area (Å²) in [5.74, 6) is 0. The smallest absolute Gasteiger partial charge is 0.252 e. The lowest BCUT2D eigenvalue weighted by atomic mass is 9.33. The monoisotopic (exact) mass is 642 g/mol. The van der Waals surface area contributed by atoms with Crippen LogP contribution in [-0.4, -0.2) is 14.8 Å². The maximum Gasteiger partial charge on any atom is 0.252 e. The van der Waals surface area contributed by atoms with E-state index >= 15 is 0 Å². The summed E-state index contributed by atoms with van der Waals surface area (Å²) in [4.78, 5) is 5.08. The standard InChI is InChI=1S/C44H31BN2OSi/c1-49(2)39-23-13-20-34-42(39)47(43-40(49)25-24-32-31-18-9-12-22-38(31)48-44(32)43)37-27-29(28-14-5-3-6-15-28)26-36-41(37)45(34)33-19-10-11-21-35(33)46(36)30-16-7-4-8-17-30/h3-27H,1-2H3. The molecule has 3 aliphatic heterocycles. The molecule has 0 aliphatic carbocycles. The first-order chi connectivity index (χ1) is 24.1. The molecule has 4 heterocycles. The van der Waals surface area contributed by atoms with Gasteiger partial charge in [-0.2, -0.15) is 0 Å². The Balaban J connectivity index is 1.33. The van der Waals surface area contributed by atoms with Crippen LogP contribution in [0.25, 0.3) is 33.1 Å². The zero-order valence-corrected chi connectivity index (χ0v) is 28.3. The van der Waals surface area contributed by atoms with Gasteiger partial charge in [-0.1, -0.05) is 128 Å². The molecule has 5 heteroatoms. The number of furan rings is 1. The first-order valence-electron chi connectivity index (χ1n) is 17.2. The van der Waals surface area contributed by atoms with Crippen molar-refractivity contribution in [2.24, 2.45) is 0 Å². The molecule has 0 saturated heterocycles. The van der Waals surface area contributed by atoms with Gasteiger partial charge >= 0.3 is 0 Å². The molecule has 8 aromatic rings. The highest BCUT2D eigenvalue weighted by atomic mass is 28.3. The number of fused-ring (bicyclic) bond motifs is 10. The Morgan fingerprint density at radius 1 is 0.510 bits per heavy atom. The fourth-order valence-electron chi connectivity index (χ4n) is 9.03. The summed E-state index contributed by atoms with van der Waals surface area (Å²) >= 11 is 0. The molecule has 230 valence electrons. The van der Waals surface area contributed by atoms with Crippen LogP contribution < -0.4 is 36.6 Å². The van der Waals surface area contributed by atoms with E-state index in [-0.39, 0.29) is 6.71 Å². The van der Waals surface area contributed by atoms with E-state index in [4.69, 9.17) is 4.42 Å². The van der Waals surface area contributed by atoms with Crippen molar-refractivity contribution < 1.29 is 4.42 Å². The van der Waals surface area contributed by atoms with Gasteiger partial charge in [-0.3, -0.25) is 0 Å². The molecule has 0 N–H and O–H groups in total. The molecule has 7 aromatic carbocycles. The fraction of sp³-hybridized carbons (Fsp3) is 0.0455. The number of benzene rings is 7. The lowest BCUT2D eigenvalue weighted by Gasteiger charge is -2.49. The molecule has 3 nitrogen and oxygen atoms in total. The van der Waals surface area contributed by atoms with E-state index in [2.05, 4.69) is 175 Å². The van der Waals surface area contributed by atoms with Crippen LogP contribution in [0.2, 0.25) is 13.1 Å². The molecule has 0 saturated carbocycles. The maximum atomic E-state index is 6.90. The molecular formula is C44H31BN2OSi. The quantitative estimate of drug-likeness (QED) is 0.177. The average Bonchev–Trinajstić information content (AvgIpc) is 3.53. The van der Waals surface area contributed by atoms with Gasteiger partial charge in [-0.05, 0) is 74.3 Å². The van der Waals surface area contributed by atoms with E-state index < -0.39 is 8.07 Å². The Bertz CT molecular complexity index is 2670. The van der Waals surface area contributed by atoms with Gasteiger partial charge in [0.2, 0.25) is 0 Å². The van der Waals surface area contributed by atoms with Crippen LogP contribution >= 0.6 is 0 Å². The van der Waals surface area contributed by atoms with Gasteiger partial charge in [0.15, 0.2) is 5.58 Å². The first-order valence-corrected chi connectivity index (χ1v) is 20.2. The summed E-state index contributed by atoms with van der Waals surface area (Å²) in [5, 5.41) is 5.23. The maximum absolute atomic E-state index is 6.90. The van der Waals surface area contributed by atoms with Gasteiger partial charge < -0.3 is 14.2 Å². The van der Waals surface area contributed by atoms with Crippen LogP contribution in [0, 0.1) is 0 Å². The number of para-hydroxylation sites is 4. The molecule has 0 fully saturated rings. The van der Waals surface area contributed by atoms with Gasteiger partial charge in [-0.25, -0.2) is 0 Å². The molecule has 11 rings (SSSR count). The highest BCUT2D eigenvalue weighted by Crippen LogP contribution is 2.49. The van der Waals surface area contributed by atoms with Gasteiger partial charge in [0.05, 0.1) is 5.69 Å². The minimum Gasteiger partial charge on any atom is -0.454 e. The Labute approximate surface area is 286 Å². The summed E-state index contributed by atoms with van der Waals surface area (Å²) in [6.07, 6.45) is 0. The lowest BCUT2D eigenvalue weighted by molar-refractivity contribution is 0.669. The molecule has 0 amide bonds. The molecule has 0 spiro atoms. The molecule has 1 aromatic heterocycles. The van der Waals surface area contributed by atoms with Gasteiger partial charge in [0, 0.05) is 39.2 Å². The zero-order chi connectivity index (χ0) is 32.4. The molecule has 49 heavy (non-hydrogen) atoms. The van der Waals surface area contributed by atoms with Crippen molar-refractivity contribution in [2.45, 2.75) is 13.1 Å². The Morgan fingerprint density at radius 2 is 1.18 bits per heavy atom. The van der Waals surface area contributed by atoms with Crippen molar-refractivity contribution in [1.82, 2.24) is 0 Å². The highest BCUT2D eigenvalue weighted by molar-refractivity contribution is 7.06. The minimum absolute atomic E-state index is 0.0958. The Hall–Kier alpha value is -5.78. The predicted octanol–water partition coefficient (Wildman–Crippen LogP) is 8.47. The second-order valence-electron chi connectivity index (χ2n) is 14.1. The number of hydrogen-bond acceptors (Lipinski definition) is 3. The summed E-state index contributed by atoms with van der Waals surface area (Å²) in [6, 6.07) is 55.9. The fourth-order valence-corrected chi connectivity index (χ4v) is 12.0. The molecule has 0 unspecified atom stereocenters. The van der Waals surface area contributed by atoms with Gasteiger partial charge in [-0.15, -0.1) is 0 Å². The summed E-state index contributed by atoms with van der Waals surface area (Å²) in [6.45, 7) is 5.12. The third-order valence-corrected chi connectivity index (χ3v) is 14.7. The minimum atomic E-state index is -2.16. The Morgan fingerprint density at radius 3 is 2.02 bits per heavy atom. The number of anilines is 6. The van der Waals surface area contributed by atoms with Crippen LogP contribution in [0.15, 0.2) is 156 Å². The SMILES string of the molecule is C[Si]1(C)c2cccc3c2N(c2cc(-c4ccccc4)cc4c2B3c2ccccc2N4c2ccccc2)c2c1ccc1c2oc2ccccc21. The molecular weight excluding hydrogens is 611 g/mol. The second kappa shape index (κ2) is 9.65. The van der Waals surface area contributed by atoms with Gasteiger partial charge in [0.1, 0.15) is 13.7 Å². The van der Waals surface area contributed by atoms with E-state index in [1.54, 1.807) is 0 Å². The second-order valence-corrected chi connectivity index (χ2v) is 18.4. The average molecular weight is 643 g/mol. The van der Waals surface area contributed by atoms with Gasteiger partial charge in [0.25, 0.3) is 6.71 Å². The van der Waals surface area contributed by atoms with Crippen LogP contribution in [0.1, 0.15) is 0 Å². The molecule has 0 atom stereocenters. The van der Waals surface area contributed by atoms with E-state index in [1.807, 2.05) is 0 Å². The molecule has 0 radical (unpaired) electrons. The third-order valence-electron chi connectivity index (χ3n) is 11.2. The predicted molar refractivity (Wildman–Crippen MR) is 210 cm³/mol. The number of hydrogen-bond donors (Lipinski definition) is 0. The first kappa shape index (κ1) is 27.2. The summed E-state index contributed by atoms with van der Waals surface area (Å²) < 4.78 is 6.90. The van der Waals surface area contributed by atoms with Crippen LogP contribution in [-0.2, 0) is 0 Å². The van der Waals surface area contributed by atoms with Crippen molar-refractivity contribution in [3.63, 3.8) is 0 Å². The zero-order valence-electron chi connectivity index (χ0n) is 27.3. The number of rotatable bonds is 2. The van der Waals surface area contributed by atoms with Crippen LogP contribution in [0.4, 0.5) is 34.1 Å². The van der Waals surface area contributed by atoms with Crippen molar-refractivity contribution in [3.8, 4) is 11.1 Å². The van der Waals surface area contributed by atoms with E-state index in [1.165, 1.54) is 71.7 Å². The molecule has 3 aliphatic rings. The molecule has 0 bridgehead atoms. The summed E-state index contributed by atoms with van der Waals surface area (Å²) in [5.41, 5.74) is 15.8. The lowest BCUT2D eigenvalue weighted by Crippen LogP contribution is -2.67. The van der Waals surface area contributed by atoms with E-state index in [9.17, 15) is 0 Å². The topological polar surface area (TPSA) is 19.6 Å². The largest absolute Gasteiger partial charge is 0.454 e. The highest BCUT2D eigenvalue weighted by Gasteiger charge is 2.49. The normalized spacial score (nSPS) is 14.8. The van der Waals surface area contributed by atoms with Crippen molar-refractivity contribution in [3.05, 3.63) is 152 Å². The van der Waals surface area contributed by atoms with Crippen molar-refractivity contribution >= 4 is 97.6 Å². The van der Waals surface area contributed by atoms with Crippen LogP contribution in [0.5, 0.6) is 0 Å². The van der Waals surface area contributed by atoms with Crippen LogP contribution in [0.3, 0.4) is 0 Å². The van der Waals surface area contributed by atoms with E-state index in [0.717, 1.165) is 22.2 Å².